The summed E-state index contributed by atoms with van der Waals surface area (Å²) in [5.74, 6) is 0.646. The maximum absolute atomic E-state index is 8.97. The van der Waals surface area contributed by atoms with Crippen molar-refractivity contribution in [3.8, 4) is 0 Å². The summed E-state index contributed by atoms with van der Waals surface area (Å²) in [6.07, 6.45) is 8.80. The van der Waals surface area contributed by atoms with Crippen molar-refractivity contribution in [1.29, 1.82) is 0 Å². The predicted octanol–water partition coefficient (Wildman–Crippen LogP) is 2.33. The molecule has 0 radical (unpaired) electrons. The minimum Gasteiger partial charge on any atom is -0.396 e. The van der Waals surface area contributed by atoms with E-state index < -0.39 is 0 Å². The van der Waals surface area contributed by atoms with Crippen molar-refractivity contribution in [2.24, 2.45) is 5.92 Å². The summed E-state index contributed by atoms with van der Waals surface area (Å²) in [4.78, 5) is 0. The molecule has 0 spiro atoms. The first-order valence-corrected chi connectivity index (χ1v) is 7.30. The monoisotopic (exact) mass is 243 g/mol. The van der Waals surface area contributed by atoms with Crippen LogP contribution in [0.1, 0.15) is 51.9 Å². The van der Waals surface area contributed by atoms with E-state index in [1.165, 1.54) is 38.5 Å². The SMILES string of the molecule is CCCC(CCO)CNCCCC1CCCO1. The molecule has 0 saturated carbocycles. The van der Waals surface area contributed by atoms with Crippen LogP contribution in [0.3, 0.4) is 0 Å². The Morgan fingerprint density at radius 1 is 1.41 bits per heavy atom. The molecule has 0 aromatic rings. The van der Waals surface area contributed by atoms with Gasteiger partial charge in [-0.3, -0.25) is 0 Å². The summed E-state index contributed by atoms with van der Waals surface area (Å²) in [5.41, 5.74) is 0. The van der Waals surface area contributed by atoms with Gasteiger partial charge in [-0.05, 0) is 57.5 Å². The number of nitrogens with one attached hydrogen (secondary N) is 1. The number of aliphatic hydroxyl groups is 1. The number of rotatable bonds is 10. The normalized spacial score (nSPS) is 21.9. The molecule has 1 aliphatic heterocycles. The zero-order valence-corrected chi connectivity index (χ0v) is 11.3. The van der Waals surface area contributed by atoms with Crippen LogP contribution < -0.4 is 5.32 Å². The quantitative estimate of drug-likeness (QED) is 0.579. The number of ether oxygens (including phenoxy) is 1. The molecule has 2 N–H and O–H groups in total. The fourth-order valence-corrected chi connectivity index (χ4v) is 2.57. The predicted molar refractivity (Wildman–Crippen MR) is 71.2 cm³/mol. The number of hydrogen-bond acceptors (Lipinski definition) is 3. The topological polar surface area (TPSA) is 41.5 Å². The van der Waals surface area contributed by atoms with Gasteiger partial charge in [0.05, 0.1) is 6.10 Å². The summed E-state index contributed by atoms with van der Waals surface area (Å²) in [6, 6.07) is 0. The van der Waals surface area contributed by atoms with Gasteiger partial charge in [0.25, 0.3) is 0 Å². The molecule has 1 heterocycles. The molecule has 1 aliphatic rings. The Morgan fingerprint density at radius 3 is 2.94 bits per heavy atom. The lowest BCUT2D eigenvalue weighted by Crippen LogP contribution is -2.25. The maximum atomic E-state index is 8.97. The lowest BCUT2D eigenvalue weighted by molar-refractivity contribution is 0.102. The molecule has 0 aliphatic carbocycles. The maximum Gasteiger partial charge on any atom is 0.0576 e. The van der Waals surface area contributed by atoms with E-state index in [-0.39, 0.29) is 0 Å². The largest absolute Gasteiger partial charge is 0.396 e. The van der Waals surface area contributed by atoms with E-state index in [0.29, 0.717) is 18.6 Å². The van der Waals surface area contributed by atoms with Gasteiger partial charge < -0.3 is 15.2 Å². The minimum absolute atomic E-state index is 0.322. The second kappa shape index (κ2) is 9.86. The summed E-state index contributed by atoms with van der Waals surface area (Å²) >= 11 is 0. The van der Waals surface area contributed by atoms with E-state index in [9.17, 15) is 0 Å². The molecular weight excluding hydrogens is 214 g/mol. The standard InChI is InChI=1S/C14H29NO2/c1-2-5-13(8-10-16)12-15-9-3-6-14-7-4-11-17-14/h13-16H,2-12H2,1H3. The van der Waals surface area contributed by atoms with Gasteiger partial charge in [0.15, 0.2) is 0 Å². The highest BCUT2D eigenvalue weighted by Crippen LogP contribution is 2.16. The van der Waals surface area contributed by atoms with Crippen LogP contribution in [-0.4, -0.2) is 37.5 Å². The Labute approximate surface area is 106 Å². The van der Waals surface area contributed by atoms with Gasteiger partial charge >= 0.3 is 0 Å². The van der Waals surface area contributed by atoms with E-state index in [1.807, 2.05) is 0 Å². The second-order valence-electron chi connectivity index (χ2n) is 5.15. The number of aliphatic hydroxyl groups excluding tert-OH is 1. The third kappa shape index (κ3) is 7.02. The van der Waals surface area contributed by atoms with Crippen molar-refractivity contribution in [2.75, 3.05) is 26.3 Å². The van der Waals surface area contributed by atoms with E-state index in [4.69, 9.17) is 9.84 Å². The number of hydrogen-bond donors (Lipinski definition) is 2. The van der Waals surface area contributed by atoms with Crippen LogP contribution in [0.15, 0.2) is 0 Å². The van der Waals surface area contributed by atoms with Gasteiger partial charge in [-0.2, -0.15) is 0 Å². The van der Waals surface area contributed by atoms with Crippen LogP contribution in [0.5, 0.6) is 0 Å². The molecular formula is C14H29NO2. The Balaban J connectivity index is 1.93. The Bertz CT molecular complexity index is 164. The fourth-order valence-electron chi connectivity index (χ4n) is 2.57. The summed E-state index contributed by atoms with van der Waals surface area (Å²) in [5, 5.41) is 12.5. The molecule has 1 rings (SSSR count). The van der Waals surface area contributed by atoms with Crippen LogP contribution in [0.4, 0.5) is 0 Å². The van der Waals surface area contributed by atoms with Gasteiger partial charge in [-0.25, -0.2) is 0 Å². The molecule has 3 heteroatoms. The van der Waals surface area contributed by atoms with Crippen LogP contribution in [-0.2, 0) is 4.74 Å². The summed E-state index contributed by atoms with van der Waals surface area (Å²) < 4.78 is 5.60. The highest BCUT2D eigenvalue weighted by molar-refractivity contribution is 4.66. The zero-order valence-electron chi connectivity index (χ0n) is 11.3. The average Bonchev–Trinajstić information content (AvgIpc) is 2.82. The van der Waals surface area contributed by atoms with Gasteiger partial charge in [0, 0.05) is 13.2 Å². The Kier molecular flexibility index (Phi) is 8.67. The highest BCUT2D eigenvalue weighted by atomic mass is 16.5. The van der Waals surface area contributed by atoms with Crippen LogP contribution in [0.25, 0.3) is 0 Å². The molecule has 102 valence electrons. The molecule has 0 aromatic carbocycles. The molecule has 2 unspecified atom stereocenters. The highest BCUT2D eigenvalue weighted by Gasteiger charge is 2.14. The van der Waals surface area contributed by atoms with Crippen molar-refractivity contribution in [1.82, 2.24) is 5.32 Å². The first kappa shape index (κ1) is 14.9. The third-order valence-corrected chi connectivity index (χ3v) is 3.57. The van der Waals surface area contributed by atoms with E-state index >= 15 is 0 Å². The molecule has 0 amide bonds. The first-order chi connectivity index (χ1) is 8.36. The molecule has 1 saturated heterocycles. The van der Waals surface area contributed by atoms with Gasteiger partial charge in [-0.1, -0.05) is 13.3 Å². The van der Waals surface area contributed by atoms with Gasteiger partial charge in [0.1, 0.15) is 0 Å². The average molecular weight is 243 g/mol. The molecule has 1 fully saturated rings. The van der Waals surface area contributed by atoms with Crippen LogP contribution in [0.2, 0.25) is 0 Å². The Morgan fingerprint density at radius 2 is 2.29 bits per heavy atom. The van der Waals surface area contributed by atoms with Crippen molar-refractivity contribution in [3.05, 3.63) is 0 Å². The van der Waals surface area contributed by atoms with E-state index in [0.717, 1.165) is 26.1 Å². The molecule has 0 bridgehead atoms. The lowest BCUT2D eigenvalue weighted by atomic mass is 10.0. The van der Waals surface area contributed by atoms with Crippen molar-refractivity contribution >= 4 is 0 Å². The molecule has 2 atom stereocenters. The van der Waals surface area contributed by atoms with Crippen LogP contribution >= 0.6 is 0 Å². The summed E-state index contributed by atoms with van der Waals surface area (Å²) in [7, 11) is 0. The van der Waals surface area contributed by atoms with Crippen LogP contribution in [0, 0.1) is 5.92 Å². The fraction of sp³-hybridized carbons (Fsp3) is 1.00. The molecule has 0 aromatic heterocycles. The third-order valence-electron chi connectivity index (χ3n) is 3.57. The minimum atomic E-state index is 0.322. The Hall–Kier alpha value is -0.120. The van der Waals surface area contributed by atoms with Crippen molar-refractivity contribution in [2.45, 2.75) is 58.0 Å². The van der Waals surface area contributed by atoms with Crippen molar-refractivity contribution < 1.29 is 9.84 Å². The van der Waals surface area contributed by atoms with Gasteiger partial charge in [0.2, 0.25) is 0 Å². The van der Waals surface area contributed by atoms with E-state index in [2.05, 4.69) is 12.2 Å². The molecule has 3 nitrogen and oxygen atoms in total. The van der Waals surface area contributed by atoms with Gasteiger partial charge in [-0.15, -0.1) is 0 Å². The van der Waals surface area contributed by atoms with Crippen molar-refractivity contribution in [3.63, 3.8) is 0 Å². The molecule has 17 heavy (non-hydrogen) atoms. The summed E-state index contributed by atoms with van der Waals surface area (Å²) in [6.45, 7) is 5.64. The smallest absolute Gasteiger partial charge is 0.0576 e. The van der Waals surface area contributed by atoms with E-state index in [1.54, 1.807) is 0 Å². The lowest BCUT2D eigenvalue weighted by Gasteiger charge is -2.16. The zero-order chi connectivity index (χ0) is 12.3. The first-order valence-electron chi connectivity index (χ1n) is 7.30. The second-order valence-corrected chi connectivity index (χ2v) is 5.15.